The molecule has 18 heavy (non-hydrogen) atoms. The second-order valence-electron chi connectivity index (χ2n) is 5.27. The lowest BCUT2D eigenvalue weighted by molar-refractivity contribution is 0.778. The number of para-hydroxylation sites is 1. The second-order valence-corrected chi connectivity index (χ2v) is 5.27. The maximum atomic E-state index is 4.56. The van der Waals surface area contributed by atoms with Crippen LogP contribution in [0.5, 0.6) is 0 Å². The Balaban J connectivity index is 1.81. The molecule has 1 aromatic carbocycles. The Kier molecular flexibility index (Phi) is 2.82. The third-order valence-electron chi connectivity index (χ3n) is 3.66. The van der Waals surface area contributed by atoms with Crippen LogP contribution >= 0.6 is 0 Å². The summed E-state index contributed by atoms with van der Waals surface area (Å²) in [6.07, 6.45) is 3.42. The second kappa shape index (κ2) is 4.48. The smallest absolute Gasteiger partial charge is 0.207 e. The van der Waals surface area contributed by atoms with Crippen molar-refractivity contribution in [1.29, 1.82) is 0 Å². The van der Waals surface area contributed by atoms with Gasteiger partial charge in [0.2, 0.25) is 5.95 Å². The summed E-state index contributed by atoms with van der Waals surface area (Å²) >= 11 is 0. The zero-order valence-corrected chi connectivity index (χ0v) is 10.9. The SMILES string of the molecule is Cc1cn(-c2ccccc2)c(NCC2CC2C)n1. The van der Waals surface area contributed by atoms with E-state index < -0.39 is 0 Å². The fourth-order valence-corrected chi connectivity index (χ4v) is 2.31. The highest BCUT2D eigenvalue weighted by Crippen LogP contribution is 2.37. The van der Waals surface area contributed by atoms with Crippen LogP contribution in [0.25, 0.3) is 5.69 Å². The molecule has 1 fully saturated rings. The average molecular weight is 241 g/mol. The molecule has 0 radical (unpaired) electrons. The lowest BCUT2D eigenvalue weighted by Crippen LogP contribution is -2.09. The molecular weight excluding hydrogens is 222 g/mol. The zero-order valence-electron chi connectivity index (χ0n) is 10.9. The van der Waals surface area contributed by atoms with Gasteiger partial charge in [-0.25, -0.2) is 4.98 Å². The summed E-state index contributed by atoms with van der Waals surface area (Å²) in [6, 6.07) is 10.3. The fraction of sp³-hybridized carbons (Fsp3) is 0.400. The van der Waals surface area contributed by atoms with Gasteiger partial charge in [-0.15, -0.1) is 0 Å². The lowest BCUT2D eigenvalue weighted by atomic mass is 10.3. The van der Waals surface area contributed by atoms with Crippen LogP contribution in [0, 0.1) is 18.8 Å². The molecule has 3 heteroatoms. The average Bonchev–Trinajstić information content (AvgIpc) is 2.95. The first-order valence-electron chi connectivity index (χ1n) is 6.59. The minimum Gasteiger partial charge on any atom is -0.355 e. The zero-order chi connectivity index (χ0) is 12.5. The third-order valence-corrected chi connectivity index (χ3v) is 3.66. The van der Waals surface area contributed by atoms with Crippen LogP contribution in [0.2, 0.25) is 0 Å². The van der Waals surface area contributed by atoms with Gasteiger partial charge in [0.1, 0.15) is 0 Å². The van der Waals surface area contributed by atoms with E-state index in [-0.39, 0.29) is 0 Å². The number of imidazole rings is 1. The first-order chi connectivity index (χ1) is 8.74. The molecule has 0 aliphatic heterocycles. The Morgan fingerprint density at radius 3 is 2.72 bits per heavy atom. The molecule has 2 unspecified atom stereocenters. The first-order valence-corrected chi connectivity index (χ1v) is 6.59. The van der Waals surface area contributed by atoms with E-state index in [1.54, 1.807) is 0 Å². The highest BCUT2D eigenvalue weighted by atomic mass is 15.2. The van der Waals surface area contributed by atoms with Crippen molar-refractivity contribution in [2.45, 2.75) is 20.3 Å². The lowest BCUT2D eigenvalue weighted by Gasteiger charge is -2.09. The van der Waals surface area contributed by atoms with Crippen LogP contribution in [0.15, 0.2) is 36.5 Å². The quantitative estimate of drug-likeness (QED) is 0.890. The first kappa shape index (κ1) is 11.3. The molecular formula is C15H19N3. The van der Waals surface area contributed by atoms with Crippen LogP contribution < -0.4 is 5.32 Å². The molecule has 1 aromatic heterocycles. The summed E-state index contributed by atoms with van der Waals surface area (Å²) in [5, 5.41) is 3.48. The van der Waals surface area contributed by atoms with Crippen LogP contribution in [0.4, 0.5) is 5.95 Å². The van der Waals surface area contributed by atoms with Crippen LogP contribution in [0.1, 0.15) is 19.0 Å². The summed E-state index contributed by atoms with van der Waals surface area (Å²) < 4.78 is 2.13. The maximum absolute atomic E-state index is 4.56. The van der Waals surface area contributed by atoms with Gasteiger partial charge in [-0.1, -0.05) is 25.1 Å². The van der Waals surface area contributed by atoms with E-state index in [2.05, 4.69) is 52.3 Å². The van der Waals surface area contributed by atoms with E-state index >= 15 is 0 Å². The number of anilines is 1. The van der Waals surface area contributed by atoms with E-state index in [1.807, 2.05) is 13.0 Å². The van der Waals surface area contributed by atoms with Gasteiger partial charge >= 0.3 is 0 Å². The molecule has 2 aromatic rings. The molecule has 1 saturated carbocycles. The fourth-order valence-electron chi connectivity index (χ4n) is 2.31. The summed E-state index contributed by atoms with van der Waals surface area (Å²) in [5.74, 6) is 2.66. The topological polar surface area (TPSA) is 29.9 Å². The number of hydrogen-bond donors (Lipinski definition) is 1. The predicted octanol–water partition coefficient (Wildman–Crippen LogP) is 3.25. The van der Waals surface area contributed by atoms with Crippen molar-refractivity contribution < 1.29 is 0 Å². The van der Waals surface area contributed by atoms with Crippen molar-refractivity contribution in [3.63, 3.8) is 0 Å². The molecule has 0 bridgehead atoms. The van der Waals surface area contributed by atoms with E-state index in [4.69, 9.17) is 0 Å². The van der Waals surface area contributed by atoms with Gasteiger partial charge in [0.15, 0.2) is 0 Å². The van der Waals surface area contributed by atoms with Gasteiger partial charge in [-0.2, -0.15) is 0 Å². The van der Waals surface area contributed by atoms with Crippen molar-refractivity contribution in [2.24, 2.45) is 11.8 Å². The van der Waals surface area contributed by atoms with E-state index in [0.29, 0.717) is 0 Å². The number of nitrogens with zero attached hydrogens (tertiary/aromatic N) is 2. The standard InChI is InChI=1S/C15H19N3/c1-11-8-13(11)9-16-15-17-12(2)10-18(15)14-6-4-3-5-7-14/h3-7,10-11,13H,8-9H2,1-2H3,(H,16,17). The minimum absolute atomic E-state index is 0.825. The number of hydrogen-bond acceptors (Lipinski definition) is 2. The van der Waals surface area contributed by atoms with Crippen molar-refractivity contribution >= 4 is 5.95 Å². The van der Waals surface area contributed by atoms with Crippen LogP contribution in [-0.2, 0) is 0 Å². The molecule has 0 saturated heterocycles. The summed E-state index contributed by atoms with van der Waals surface area (Å²) in [7, 11) is 0. The third kappa shape index (κ3) is 2.26. The van der Waals surface area contributed by atoms with Gasteiger partial charge in [0.05, 0.1) is 5.69 Å². The number of nitrogens with one attached hydrogen (secondary N) is 1. The Bertz CT molecular complexity index is 530. The highest BCUT2D eigenvalue weighted by Gasteiger charge is 2.32. The van der Waals surface area contributed by atoms with Crippen molar-refractivity contribution in [3.8, 4) is 5.69 Å². The molecule has 2 atom stereocenters. The summed E-state index contributed by atoms with van der Waals surface area (Å²) in [6.45, 7) is 5.37. The Labute approximate surface area is 108 Å². The van der Waals surface area contributed by atoms with Gasteiger partial charge in [0, 0.05) is 18.4 Å². The summed E-state index contributed by atoms with van der Waals surface area (Å²) in [4.78, 5) is 4.56. The molecule has 0 spiro atoms. The van der Waals surface area contributed by atoms with Crippen molar-refractivity contribution in [3.05, 3.63) is 42.2 Å². The van der Waals surface area contributed by atoms with Crippen molar-refractivity contribution in [1.82, 2.24) is 9.55 Å². The number of rotatable bonds is 4. The maximum Gasteiger partial charge on any atom is 0.207 e. The van der Waals surface area contributed by atoms with Gasteiger partial charge in [-0.3, -0.25) is 4.57 Å². The Morgan fingerprint density at radius 2 is 2.06 bits per heavy atom. The largest absolute Gasteiger partial charge is 0.355 e. The molecule has 3 rings (SSSR count). The molecule has 94 valence electrons. The van der Waals surface area contributed by atoms with Crippen LogP contribution in [-0.4, -0.2) is 16.1 Å². The molecule has 1 N–H and O–H groups in total. The number of benzene rings is 1. The Hall–Kier alpha value is -1.77. The van der Waals surface area contributed by atoms with Crippen LogP contribution in [0.3, 0.4) is 0 Å². The monoisotopic (exact) mass is 241 g/mol. The van der Waals surface area contributed by atoms with Gasteiger partial charge < -0.3 is 5.32 Å². The highest BCUT2D eigenvalue weighted by molar-refractivity contribution is 5.43. The van der Waals surface area contributed by atoms with E-state index in [9.17, 15) is 0 Å². The predicted molar refractivity (Wildman–Crippen MR) is 74.1 cm³/mol. The molecule has 0 amide bonds. The molecule has 1 aliphatic rings. The van der Waals surface area contributed by atoms with E-state index in [0.717, 1.165) is 35.7 Å². The number of aromatic nitrogens is 2. The molecule has 1 heterocycles. The van der Waals surface area contributed by atoms with Gasteiger partial charge in [-0.05, 0) is 37.3 Å². The van der Waals surface area contributed by atoms with E-state index in [1.165, 1.54) is 6.42 Å². The Morgan fingerprint density at radius 1 is 1.33 bits per heavy atom. The summed E-state index contributed by atoms with van der Waals surface area (Å²) in [5.41, 5.74) is 2.20. The number of aryl methyl sites for hydroxylation is 1. The normalized spacial score (nSPS) is 21.9. The molecule has 1 aliphatic carbocycles. The minimum atomic E-state index is 0.825. The molecule has 3 nitrogen and oxygen atoms in total. The van der Waals surface area contributed by atoms with Crippen molar-refractivity contribution in [2.75, 3.05) is 11.9 Å². The van der Waals surface area contributed by atoms with Gasteiger partial charge in [0.25, 0.3) is 0 Å².